The Morgan fingerprint density at radius 1 is 1.33 bits per heavy atom. The highest BCUT2D eigenvalue weighted by atomic mass is 14.8. The van der Waals surface area contributed by atoms with Crippen molar-refractivity contribution in [1.82, 2.24) is 5.32 Å². The van der Waals surface area contributed by atoms with Gasteiger partial charge in [-0.3, -0.25) is 0 Å². The van der Waals surface area contributed by atoms with Gasteiger partial charge in [0.25, 0.3) is 0 Å². The Balaban J connectivity index is 2.96. The molecule has 1 aromatic rings. The van der Waals surface area contributed by atoms with Crippen molar-refractivity contribution < 1.29 is 0 Å². The van der Waals surface area contributed by atoms with Crippen LogP contribution in [0.25, 0.3) is 5.70 Å². The third-order valence-electron chi connectivity index (χ3n) is 1.66. The van der Waals surface area contributed by atoms with Gasteiger partial charge >= 0.3 is 0 Å². The molecule has 0 saturated carbocycles. The van der Waals surface area contributed by atoms with Gasteiger partial charge in [-0.15, -0.1) is 0 Å². The Hall–Kier alpha value is -1.64. The number of nitrogens with one attached hydrogen (secondary N) is 1. The second-order valence-corrected chi connectivity index (χ2v) is 2.45. The fourth-order valence-corrected chi connectivity index (χ4v) is 0.987. The van der Waals surface area contributed by atoms with Gasteiger partial charge in [0.15, 0.2) is 0 Å². The molecule has 0 fully saturated rings. The van der Waals surface area contributed by atoms with Crippen LogP contribution in [0.4, 0.5) is 5.69 Å². The van der Waals surface area contributed by atoms with Gasteiger partial charge in [0.2, 0.25) is 0 Å². The first-order valence-electron chi connectivity index (χ1n) is 3.73. The molecule has 0 aromatic heterocycles. The van der Waals surface area contributed by atoms with Crippen LogP contribution in [-0.2, 0) is 0 Å². The summed E-state index contributed by atoms with van der Waals surface area (Å²) in [6, 6.07) is 7.53. The van der Waals surface area contributed by atoms with Crippen LogP contribution >= 0.6 is 0 Å². The Morgan fingerprint density at radius 3 is 2.33 bits per heavy atom. The van der Waals surface area contributed by atoms with E-state index >= 15 is 0 Å². The Kier molecular flexibility index (Phi) is 2.58. The summed E-state index contributed by atoms with van der Waals surface area (Å²) in [4.78, 5) is 0. The first-order valence-corrected chi connectivity index (χ1v) is 3.73. The molecule has 3 heteroatoms. The van der Waals surface area contributed by atoms with E-state index in [0.29, 0.717) is 0 Å². The molecule has 0 bridgehead atoms. The third kappa shape index (κ3) is 1.69. The summed E-state index contributed by atoms with van der Waals surface area (Å²) in [6.45, 7) is 0. The number of anilines is 1. The molecule has 0 saturated heterocycles. The van der Waals surface area contributed by atoms with Crippen LogP contribution < -0.4 is 16.8 Å². The first-order chi connectivity index (χ1) is 5.77. The van der Waals surface area contributed by atoms with Gasteiger partial charge in [-0.2, -0.15) is 0 Å². The van der Waals surface area contributed by atoms with Crippen molar-refractivity contribution in [2.45, 2.75) is 0 Å². The Labute approximate surface area is 72.1 Å². The molecule has 0 atom stereocenters. The van der Waals surface area contributed by atoms with Crippen molar-refractivity contribution in [3.8, 4) is 0 Å². The normalized spacial score (nSPS) is 11.2. The molecule has 0 aliphatic heterocycles. The maximum atomic E-state index is 5.54. The molecule has 0 unspecified atom stereocenters. The minimum atomic E-state index is 0.756. The van der Waals surface area contributed by atoms with Gasteiger partial charge in [-0.05, 0) is 17.7 Å². The smallest absolute Gasteiger partial charge is 0.0568 e. The van der Waals surface area contributed by atoms with Crippen molar-refractivity contribution in [2.75, 3.05) is 12.8 Å². The summed E-state index contributed by atoms with van der Waals surface area (Å²) in [5, 5.41) is 2.98. The van der Waals surface area contributed by atoms with Crippen LogP contribution in [0.1, 0.15) is 5.56 Å². The molecule has 5 N–H and O–H groups in total. The van der Waals surface area contributed by atoms with Gasteiger partial charge in [0.1, 0.15) is 0 Å². The van der Waals surface area contributed by atoms with Crippen molar-refractivity contribution in [1.29, 1.82) is 0 Å². The summed E-state index contributed by atoms with van der Waals surface area (Å²) in [7, 11) is 1.83. The molecule has 0 spiro atoms. The number of benzene rings is 1. The van der Waals surface area contributed by atoms with E-state index < -0.39 is 0 Å². The van der Waals surface area contributed by atoms with Crippen molar-refractivity contribution >= 4 is 11.4 Å². The highest BCUT2D eigenvalue weighted by molar-refractivity contribution is 5.64. The zero-order chi connectivity index (χ0) is 8.97. The second kappa shape index (κ2) is 3.67. The minimum absolute atomic E-state index is 0.756. The van der Waals surface area contributed by atoms with E-state index in [1.165, 1.54) is 6.20 Å². The van der Waals surface area contributed by atoms with Crippen LogP contribution in [0.5, 0.6) is 0 Å². The standard InChI is InChI=1S/C9H13N3/c1-12-9(6-10)7-2-4-8(11)5-3-7/h2-6,12H,10-11H2,1H3/b9-6-. The van der Waals surface area contributed by atoms with Crippen LogP contribution in [0.15, 0.2) is 30.5 Å². The van der Waals surface area contributed by atoms with Gasteiger partial charge in [-0.25, -0.2) is 0 Å². The lowest BCUT2D eigenvalue weighted by Gasteiger charge is -2.05. The monoisotopic (exact) mass is 163 g/mol. The molecular formula is C9H13N3. The lowest BCUT2D eigenvalue weighted by molar-refractivity contribution is 1.12. The molecule has 0 heterocycles. The van der Waals surface area contributed by atoms with E-state index in [-0.39, 0.29) is 0 Å². The summed E-state index contributed by atoms with van der Waals surface area (Å²) < 4.78 is 0. The van der Waals surface area contributed by atoms with Crippen LogP contribution in [-0.4, -0.2) is 7.05 Å². The summed E-state index contributed by atoms with van der Waals surface area (Å²) >= 11 is 0. The van der Waals surface area contributed by atoms with Crippen molar-refractivity contribution in [3.63, 3.8) is 0 Å². The molecule has 0 aliphatic rings. The lowest BCUT2D eigenvalue weighted by Crippen LogP contribution is -2.06. The topological polar surface area (TPSA) is 64.1 Å². The second-order valence-electron chi connectivity index (χ2n) is 2.45. The average Bonchev–Trinajstić information content (AvgIpc) is 2.10. The molecule has 0 aliphatic carbocycles. The molecular weight excluding hydrogens is 150 g/mol. The maximum Gasteiger partial charge on any atom is 0.0568 e. The number of hydrogen-bond donors (Lipinski definition) is 3. The molecule has 64 valence electrons. The Bertz CT molecular complexity index is 274. The molecule has 0 amide bonds. The molecule has 0 radical (unpaired) electrons. The van der Waals surface area contributed by atoms with Crippen LogP contribution in [0.3, 0.4) is 0 Å². The van der Waals surface area contributed by atoms with Gasteiger partial charge < -0.3 is 16.8 Å². The van der Waals surface area contributed by atoms with E-state index in [2.05, 4.69) is 5.32 Å². The highest BCUT2D eigenvalue weighted by Crippen LogP contribution is 2.11. The third-order valence-corrected chi connectivity index (χ3v) is 1.66. The highest BCUT2D eigenvalue weighted by Gasteiger charge is 1.96. The van der Waals surface area contributed by atoms with Crippen molar-refractivity contribution in [2.24, 2.45) is 5.73 Å². The van der Waals surface area contributed by atoms with Crippen LogP contribution in [0.2, 0.25) is 0 Å². The fraction of sp³-hybridized carbons (Fsp3) is 0.111. The van der Waals surface area contributed by atoms with E-state index in [4.69, 9.17) is 11.5 Å². The predicted octanol–water partition coefficient (Wildman–Crippen LogP) is 0.745. The van der Waals surface area contributed by atoms with Crippen molar-refractivity contribution in [3.05, 3.63) is 36.0 Å². The fourth-order valence-electron chi connectivity index (χ4n) is 0.987. The number of rotatable bonds is 2. The zero-order valence-electron chi connectivity index (χ0n) is 7.04. The van der Waals surface area contributed by atoms with E-state index in [1.54, 1.807) is 0 Å². The quantitative estimate of drug-likeness (QED) is 0.563. The predicted molar refractivity (Wildman–Crippen MR) is 52.1 cm³/mol. The molecule has 1 aromatic carbocycles. The maximum absolute atomic E-state index is 5.54. The zero-order valence-corrected chi connectivity index (χ0v) is 7.04. The van der Waals surface area contributed by atoms with E-state index in [1.807, 2.05) is 31.3 Å². The largest absolute Gasteiger partial charge is 0.403 e. The molecule has 1 rings (SSSR count). The van der Waals surface area contributed by atoms with Gasteiger partial charge in [-0.1, -0.05) is 12.1 Å². The van der Waals surface area contributed by atoms with Gasteiger partial charge in [0.05, 0.1) is 5.70 Å². The van der Waals surface area contributed by atoms with E-state index in [0.717, 1.165) is 16.9 Å². The molecule has 3 nitrogen and oxygen atoms in total. The molecule has 12 heavy (non-hydrogen) atoms. The summed E-state index contributed by atoms with van der Waals surface area (Å²) in [5.41, 5.74) is 13.6. The number of nitrogens with two attached hydrogens (primary N) is 2. The number of nitrogen functional groups attached to an aromatic ring is 1. The first kappa shape index (κ1) is 8.46. The summed E-state index contributed by atoms with van der Waals surface area (Å²) in [6.07, 6.45) is 1.53. The SMILES string of the molecule is CN/C(=C\N)c1ccc(N)cc1. The van der Waals surface area contributed by atoms with Gasteiger partial charge in [0, 0.05) is 18.9 Å². The minimum Gasteiger partial charge on any atom is -0.403 e. The average molecular weight is 163 g/mol. The summed E-state index contributed by atoms with van der Waals surface area (Å²) in [5.74, 6) is 0. The van der Waals surface area contributed by atoms with E-state index in [9.17, 15) is 0 Å². The lowest BCUT2D eigenvalue weighted by atomic mass is 10.1. The Morgan fingerprint density at radius 2 is 1.92 bits per heavy atom. The number of hydrogen-bond acceptors (Lipinski definition) is 3. The van der Waals surface area contributed by atoms with Crippen LogP contribution in [0, 0.1) is 0 Å².